The van der Waals surface area contributed by atoms with E-state index in [0.29, 0.717) is 10.3 Å². The molecule has 0 bridgehead atoms. The number of hydrogen-bond donors (Lipinski definition) is 1. The number of nitrogens with one attached hydrogen (secondary N) is 1. The maximum Gasteiger partial charge on any atom is 0.251 e. The second-order valence-corrected chi connectivity index (χ2v) is 4.79. The second-order valence-electron chi connectivity index (χ2n) is 4.79. The number of hydrogen-bond acceptors (Lipinski definition) is 2. The lowest BCUT2D eigenvalue weighted by molar-refractivity contribution is -0.605. The van der Waals surface area contributed by atoms with Crippen LogP contribution in [0.3, 0.4) is 0 Å². The van der Waals surface area contributed by atoms with Crippen molar-refractivity contribution in [3.8, 4) is 0 Å². The van der Waals surface area contributed by atoms with E-state index in [2.05, 4.69) is 17.4 Å². The van der Waals surface area contributed by atoms with Crippen LogP contribution in [0.4, 0.5) is 0 Å². The van der Waals surface area contributed by atoms with Gasteiger partial charge in [0, 0.05) is 18.2 Å². The minimum atomic E-state index is -0.126. The molecule has 0 saturated carbocycles. The molecular weight excluding hydrogens is 240 g/mol. The average Bonchev–Trinajstić information content (AvgIpc) is 2.81. The number of nitrogens with zero attached hydrogens (tertiary/aromatic N) is 1. The van der Waals surface area contributed by atoms with Gasteiger partial charge in [0.05, 0.1) is 5.56 Å². The van der Waals surface area contributed by atoms with E-state index < -0.39 is 0 Å². The van der Waals surface area contributed by atoms with Crippen LogP contribution in [0.5, 0.6) is 0 Å². The highest BCUT2D eigenvalue weighted by molar-refractivity contribution is 5.94. The van der Waals surface area contributed by atoms with Crippen LogP contribution in [-0.2, 0) is 12.8 Å². The Morgan fingerprint density at radius 2 is 1.68 bits per heavy atom. The summed E-state index contributed by atoms with van der Waals surface area (Å²) >= 11 is 0. The standard InChI is InChI=1S/C15H14N2O2/c18-15(11-5-7-17(19)8-6-11)16-14-9-12-3-1-2-4-13(12)10-14/h1-8,14H,9-10H2,(H,16,18). The lowest BCUT2D eigenvalue weighted by atomic mass is 10.1. The van der Waals surface area contributed by atoms with Gasteiger partial charge in [-0.3, -0.25) is 4.79 Å². The molecule has 3 rings (SSSR count). The number of fused-ring (bicyclic) bond motifs is 1. The van der Waals surface area contributed by atoms with Gasteiger partial charge in [-0.1, -0.05) is 24.3 Å². The smallest absolute Gasteiger partial charge is 0.251 e. The monoisotopic (exact) mass is 254 g/mol. The number of benzene rings is 1. The number of pyridine rings is 1. The van der Waals surface area contributed by atoms with Crippen molar-refractivity contribution < 1.29 is 9.52 Å². The Morgan fingerprint density at radius 1 is 1.11 bits per heavy atom. The fourth-order valence-electron chi connectivity index (χ4n) is 2.49. The van der Waals surface area contributed by atoms with E-state index in [9.17, 15) is 10.0 Å². The summed E-state index contributed by atoms with van der Waals surface area (Å²) in [6.07, 6.45) is 4.41. The molecule has 1 amide bonds. The van der Waals surface area contributed by atoms with Gasteiger partial charge in [-0.05, 0) is 24.0 Å². The molecule has 0 spiro atoms. The molecule has 0 radical (unpaired) electrons. The molecule has 1 N–H and O–H groups in total. The second kappa shape index (κ2) is 4.72. The zero-order valence-corrected chi connectivity index (χ0v) is 10.4. The van der Waals surface area contributed by atoms with Gasteiger partial charge >= 0.3 is 0 Å². The largest absolute Gasteiger partial charge is 0.619 e. The number of carbonyl (C=O) groups excluding carboxylic acids is 1. The SMILES string of the molecule is O=C(NC1Cc2ccccc2C1)c1cc[n+]([O-])cc1. The summed E-state index contributed by atoms with van der Waals surface area (Å²) in [6, 6.07) is 11.5. The maximum atomic E-state index is 12.0. The van der Waals surface area contributed by atoms with Gasteiger partial charge in [0.15, 0.2) is 12.4 Å². The fraction of sp³-hybridized carbons (Fsp3) is 0.200. The van der Waals surface area contributed by atoms with Crippen molar-refractivity contribution in [1.29, 1.82) is 0 Å². The van der Waals surface area contributed by atoms with Gasteiger partial charge in [-0.2, -0.15) is 4.73 Å². The van der Waals surface area contributed by atoms with Gasteiger partial charge < -0.3 is 10.5 Å². The van der Waals surface area contributed by atoms with Crippen molar-refractivity contribution in [2.45, 2.75) is 18.9 Å². The van der Waals surface area contributed by atoms with Crippen molar-refractivity contribution >= 4 is 5.91 Å². The lowest BCUT2D eigenvalue weighted by Gasteiger charge is -2.11. The molecule has 2 aromatic rings. The molecule has 0 atom stereocenters. The molecule has 0 aliphatic heterocycles. The number of aromatic nitrogens is 1. The molecule has 4 nitrogen and oxygen atoms in total. The van der Waals surface area contributed by atoms with Crippen LogP contribution >= 0.6 is 0 Å². The highest BCUT2D eigenvalue weighted by Crippen LogP contribution is 2.21. The molecule has 19 heavy (non-hydrogen) atoms. The van der Waals surface area contributed by atoms with Crippen molar-refractivity contribution in [2.75, 3.05) is 0 Å². The number of carbonyl (C=O) groups is 1. The summed E-state index contributed by atoms with van der Waals surface area (Å²) in [5.74, 6) is -0.126. The molecule has 1 aliphatic rings. The van der Waals surface area contributed by atoms with E-state index in [-0.39, 0.29) is 11.9 Å². The third-order valence-electron chi connectivity index (χ3n) is 3.45. The molecule has 0 unspecified atom stereocenters. The van der Waals surface area contributed by atoms with Crippen LogP contribution in [0.25, 0.3) is 0 Å². The van der Waals surface area contributed by atoms with Crippen molar-refractivity contribution in [3.05, 3.63) is 70.7 Å². The van der Waals surface area contributed by atoms with Gasteiger partial charge in [-0.15, -0.1) is 0 Å². The highest BCUT2D eigenvalue weighted by Gasteiger charge is 2.22. The van der Waals surface area contributed by atoms with Crippen molar-refractivity contribution in [2.24, 2.45) is 0 Å². The first-order chi connectivity index (χ1) is 9.22. The Labute approximate surface area is 111 Å². The zero-order chi connectivity index (χ0) is 13.2. The quantitative estimate of drug-likeness (QED) is 0.647. The summed E-state index contributed by atoms with van der Waals surface area (Å²) in [6.45, 7) is 0. The first kappa shape index (κ1) is 11.7. The summed E-state index contributed by atoms with van der Waals surface area (Å²) in [4.78, 5) is 12.0. The summed E-state index contributed by atoms with van der Waals surface area (Å²) in [5.41, 5.74) is 3.12. The summed E-state index contributed by atoms with van der Waals surface area (Å²) in [7, 11) is 0. The van der Waals surface area contributed by atoms with Crippen LogP contribution in [-0.4, -0.2) is 11.9 Å². The van der Waals surface area contributed by atoms with Crippen LogP contribution in [0.2, 0.25) is 0 Å². The fourth-order valence-corrected chi connectivity index (χ4v) is 2.49. The molecule has 1 aromatic carbocycles. The third kappa shape index (κ3) is 2.42. The van der Waals surface area contributed by atoms with E-state index in [1.165, 1.54) is 35.7 Å². The van der Waals surface area contributed by atoms with Crippen LogP contribution in [0, 0.1) is 5.21 Å². The Hall–Kier alpha value is -2.36. The predicted molar refractivity (Wildman–Crippen MR) is 70.5 cm³/mol. The van der Waals surface area contributed by atoms with Crippen molar-refractivity contribution in [3.63, 3.8) is 0 Å². The van der Waals surface area contributed by atoms with Gasteiger partial charge in [0.25, 0.3) is 5.91 Å². The van der Waals surface area contributed by atoms with E-state index in [1.54, 1.807) is 0 Å². The Bertz CT molecular complexity index is 583. The van der Waals surface area contributed by atoms with Gasteiger partial charge in [0.1, 0.15) is 0 Å². The van der Waals surface area contributed by atoms with E-state index in [1.807, 2.05) is 12.1 Å². The zero-order valence-electron chi connectivity index (χ0n) is 10.4. The predicted octanol–water partition coefficient (Wildman–Crippen LogP) is 1.22. The molecular formula is C15H14N2O2. The molecule has 0 saturated heterocycles. The average molecular weight is 254 g/mol. The Kier molecular flexibility index (Phi) is 2.91. The number of rotatable bonds is 2. The molecule has 1 heterocycles. The van der Waals surface area contributed by atoms with Crippen LogP contribution in [0.1, 0.15) is 21.5 Å². The minimum absolute atomic E-state index is 0.126. The third-order valence-corrected chi connectivity index (χ3v) is 3.45. The first-order valence-electron chi connectivity index (χ1n) is 6.29. The van der Waals surface area contributed by atoms with E-state index >= 15 is 0 Å². The molecule has 4 heteroatoms. The summed E-state index contributed by atoms with van der Waals surface area (Å²) < 4.78 is 0.669. The summed E-state index contributed by atoms with van der Waals surface area (Å²) in [5, 5.41) is 13.9. The highest BCUT2D eigenvalue weighted by atomic mass is 16.5. The molecule has 0 fully saturated rings. The van der Waals surface area contributed by atoms with E-state index in [0.717, 1.165) is 12.8 Å². The molecule has 1 aromatic heterocycles. The normalized spacial score (nSPS) is 14.1. The van der Waals surface area contributed by atoms with E-state index in [4.69, 9.17) is 0 Å². The maximum absolute atomic E-state index is 12.0. The lowest BCUT2D eigenvalue weighted by Crippen LogP contribution is -2.36. The van der Waals surface area contributed by atoms with Crippen LogP contribution < -0.4 is 10.0 Å². The molecule has 1 aliphatic carbocycles. The van der Waals surface area contributed by atoms with Gasteiger partial charge in [-0.25, -0.2) is 0 Å². The Morgan fingerprint density at radius 3 is 2.26 bits per heavy atom. The number of amides is 1. The van der Waals surface area contributed by atoms with Gasteiger partial charge in [0.2, 0.25) is 0 Å². The van der Waals surface area contributed by atoms with Crippen LogP contribution in [0.15, 0.2) is 48.8 Å². The topological polar surface area (TPSA) is 56.0 Å². The Balaban J connectivity index is 1.67. The minimum Gasteiger partial charge on any atom is -0.619 e. The van der Waals surface area contributed by atoms with Crippen molar-refractivity contribution in [1.82, 2.24) is 5.32 Å². The molecule has 96 valence electrons. The first-order valence-corrected chi connectivity index (χ1v) is 6.29.